The number of rotatable bonds is 3. The number of morpholine rings is 1. The predicted octanol–water partition coefficient (Wildman–Crippen LogP) is -0.136. The highest BCUT2D eigenvalue weighted by atomic mass is 32.2. The Labute approximate surface area is 138 Å². The zero-order valence-electron chi connectivity index (χ0n) is 12.8. The van der Waals surface area contributed by atoms with Crippen molar-refractivity contribution in [3.8, 4) is 0 Å². The third-order valence-electron chi connectivity index (χ3n) is 4.40. The van der Waals surface area contributed by atoms with Gasteiger partial charge in [0.1, 0.15) is 13.1 Å². The van der Waals surface area contributed by atoms with Crippen molar-refractivity contribution in [2.24, 2.45) is 0 Å². The Hall–Kier alpha value is -1.57. The number of thioether (sulfide) groups is 1. The first-order valence-electron chi connectivity index (χ1n) is 8.05. The number of anilines is 1. The van der Waals surface area contributed by atoms with Crippen molar-refractivity contribution in [1.82, 2.24) is 5.32 Å². The summed E-state index contributed by atoms with van der Waals surface area (Å²) >= 11 is 1.58. The minimum Gasteiger partial charge on any atom is -0.370 e. The van der Waals surface area contributed by atoms with Gasteiger partial charge in [0.15, 0.2) is 0 Å². The van der Waals surface area contributed by atoms with Crippen molar-refractivity contribution in [2.45, 2.75) is 29.2 Å². The van der Waals surface area contributed by atoms with Crippen LogP contribution < -0.4 is 15.5 Å². The Kier molecular flexibility index (Phi) is 4.00. The van der Waals surface area contributed by atoms with Gasteiger partial charge in [-0.3, -0.25) is 9.59 Å². The summed E-state index contributed by atoms with van der Waals surface area (Å²) in [6.07, 6.45) is 2.13. The van der Waals surface area contributed by atoms with E-state index in [0.29, 0.717) is 24.8 Å². The summed E-state index contributed by atoms with van der Waals surface area (Å²) in [5.41, 5.74) is 1.35. The molecule has 3 N–H and O–H groups in total. The third kappa shape index (κ3) is 3.22. The lowest BCUT2D eigenvalue weighted by Crippen LogP contribution is -3.18. The minimum atomic E-state index is -0.141. The first kappa shape index (κ1) is 15.0. The van der Waals surface area contributed by atoms with Gasteiger partial charge in [0.2, 0.25) is 5.37 Å². The molecule has 0 aromatic heterocycles. The van der Waals surface area contributed by atoms with Crippen molar-refractivity contribution < 1.29 is 19.2 Å². The van der Waals surface area contributed by atoms with Gasteiger partial charge in [-0.1, -0.05) is 11.8 Å². The largest absolute Gasteiger partial charge is 0.370 e. The molecule has 2 aliphatic heterocycles. The van der Waals surface area contributed by atoms with E-state index in [1.165, 1.54) is 4.90 Å². The van der Waals surface area contributed by atoms with Crippen LogP contribution in [0.4, 0.5) is 5.69 Å². The molecule has 1 saturated carbocycles. The molecule has 0 bridgehead atoms. The second-order valence-corrected chi connectivity index (χ2v) is 7.36. The molecule has 0 radical (unpaired) electrons. The zero-order chi connectivity index (χ0) is 15.8. The van der Waals surface area contributed by atoms with Crippen LogP contribution in [0.3, 0.4) is 0 Å². The fourth-order valence-corrected chi connectivity index (χ4v) is 4.12. The highest BCUT2D eigenvalue weighted by Gasteiger charge is 2.36. The summed E-state index contributed by atoms with van der Waals surface area (Å²) in [4.78, 5) is 26.8. The molecule has 3 aliphatic rings. The Bertz CT molecular complexity index is 641. The average Bonchev–Trinajstić information content (AvgIpc) is 3.38. The highest BCUT2D eigenvalue weighted by Crippen LogP contribution is 2.34. The van der Waals surface area contributed by atoms with Crippen LogP contribution in [0, 0.1) is 0 Å². The molecule has 1 aliphatic carbocycles. The van der Waals surface area contributed by atoms with E-state index >= 15 is 0 Å². The van der Waals surface area contributed by atoms with Crippen LogP contribution >= 0.6 is 11.8 Å². The quantitative estimate of drug-likeness (QED) is 0.720. The molecule has 1 aromatic rings. The average molecular weight is 334 g/mol. The molecule has 1 atom stereocenters. The molecular weight excluding hydrogens is 314 g/mol. The summed E-state index contributed by atoms with van der Waals surface area (Å²) < 4.78 is 5.37. The van der Waals surface area contributed by atoms with E-state index in [1.807, 2.05) is 12.1 Å². The van der Waals surface area contributed by atoms with E-state index in [4.69, 9.17) is 4.74 Å². The van der Waals surface area contributed by atoms with Crippen LogP contribution in [0.2, 0.25) is 0 Å². The second-order valence-electron chi connectivity index (χ2n) is 6.22. The van der Waals surface area contributed by atoms with Gasteiger partial charge in [-0.25, -0.2) is 0 Å². The number of hydrogen-bond acceptors (Lipinski definition) is 4. The molecule has 7 heteroatoms. The normalized spacial score (nSPS) is 24.7. The molecule has 6 nitrogen and oxygen atoms in total. The van der Waals surface area contributed by atoms with Crippen molar-refractivity contribution in [3.05, 3.63) is 23.8 Å². The monoisotopic (exact) mass is 334 g/mol. The Balaban J connectivity index is 1.51. The maximum Gasteiger partial charge on any atom is 0.294 e. The number of carbonyl (C=O) groups is 2. The molecule has 4 rings (SSSR count). The van der Waals surface area contributed by atoms with Crippen LogP contribution in [0.5, 0.6) is 0 Å². The van der Waals surface area contributed by atoms with Gasteiger partial charge in [-0.2, -0.15) is 0 Å². The maximum absolute atomic E-state index is 12.4. The Morgan fingerprint density at radius 3 is 2.83 bits per heavy atom. The number of fused-ring (bicyclic) bond motifs is 1. The maximum atomic E-state index is 12.4. The van der Waals surface area contributed by atoms with Crippen LogP contribution in [0.25, 0.3) is 0 Å². The molecule has 2 heterocycles. The van der Waals surface area contributed by atoms with Gasteiger partial charge >= 0.3 is 0 Å². The first-order valence-corrected chi connectivity index (χ1v) is 8.93. The summed E-state index contributed by atoms with van der Waals surface area (Å²) in [7, 11) is 0. The molecule has 0 spiro atoms. The number of benzene rings is 1. The van der Waals surface area contributed by atoms with Gasteiger partial charge < -0.3 is 20.3 Å². The number of amides is 2. The lowest BCUT2D eigenvalue weighted by Gasteiger charge is -2.32. The van der Waals surface area contributed by atoms with Crippen LogP contribution in [-0.2, 0) is 9.53 Å². The number of carbonyl (C=O) groups excluding carboxylic acids is 2. The van der Waals surface area contributed by atoms with Gasteiger partial charge in [0.25, 0.3) is 11.8 Å². The van der Waals surface area contributed by atoms with Crippen LogP contribution in [0.15, 0.2) is 23.1 Å². The summed E-state index contributed by atoms with van der Waals surface area (Å²) in [6.45, 7) is 3.10. The third-order valence-corrected chi connectivity index (χ3v) is 5.79. The zero-order valence-corrected chi connectivity index (χ0v) is 13.6. The Morgan fingerprint density at radius 1 is 1.30 bits per heavy atom. The van der Waals surface area contributed by atoms with Gasteiger partial charge in [0.05, 0.1) is 18.9 Å². The highest BCUT2D eigenvalue weighted by molar-refractivity contribution is 8.00. The predicted molar refractivity (Wildman–Crippen MR) is 86.7 cm³/mol. The first-order chi connectivity index (χ1) is 11.2. The van der Waals surface area contributed by atoms with Crippen LogP contribution in [-0.4, -0.2) is 49.5 Å². The topological polar surface area (TPSA) is 71.9 Å². The molecule has 2 fully saturated rings. The number of hydrogen-bond donors (Lipinski definition) is 3. The van der Waals surface area contributed by atoms with E-state index in [0.717, 1.165) is 36.5 Å². The van der Waals surface area contributed by atoms with Crippen LogP contribution in [0.1, 0.15) is 23.2 Å². The molecule has 1 aromatic carbocycles. The summed E-state index contributed by atoms with van der Waals surface area (Å²) in [5.74, 6) is -0.0466. The Morgan fingerprint density at radius 2 is 2.09 bits per heavy atom. The van der Waals surface area contributed by atoms with Crippen molar-refractivity contribution in [2.75, 3.05) is 31.6 Å². The molecule has 1 unspecified atom stereocenters. The van der Waals surface area contributed by atoms with E-state index < -0.39 is 0 Å². The summed E-state index contributed by atoms with van der Waals surface area (Å²) in [6, 6.07) is 5.89. The minimum absolute atomic E-state index is 0.0131. The van der Waals surface area contributed by atoms with E-state index in [1.54, 1.807) is 17.8 Å². The molecule has 122 valence electrons. The lowest BCUT2D eigenvalue weighted by atomic mass is 10.1. The van der Waals surface area contributed by atoms with E-state index in [2.05, 4.69) is 10.6 Å². The lowest BCUT2D eigenvalue weighted by molar-refractivity contribution is -0.909. The van der Waals surface area contributed by atoms with Crippen molar-refractivity contribution in [1.29, 1.82) is 0 Å². The molecule has 2 amide bonds. The van der Waals surface area contributed by atoms with Gasteiger partial charge in [0, 0.05) is 16.5 Å². The standard InChI is InChI=1S/C16H19N3O3S/c20-14(17-11-2-3-11)10-1-4-13-12(9-10)18-15(21)16(23-13)19-5-7-22-8-6-19/h1,4,9,11,16H,2-3,5-8H2,(H,17,20)(H,18,21)/p+1. The fraction of sp³-hybridized carbons (Fsp3) is 0.500. The molecule has 1 saturated heterocycles. The number of nitrogens with one attached hydrogen (secondary N) is 3. The smallest absolute Gasteiger partial charge is 0.294 e. The molecular formula is C16H20N3O3S+. The second kappa shape index (κ2) is 6.14. The van der Waals surface area contributed by atoms with Gasteiger partial charge in [-0.15, -0.1) is 0 Å². The van der Waals surface area contributed by atoms with E-state index in [9.17, 15) is 9.59 Å². The number of ether oxygens (including phenoxy) is 1. The van der Waals surface area contributed by atoms with E-state index in [-0.39, 0.29) is 17.2 Å². The summed E-state index contributed by atoms with van der Waals surface area (Å²) in [5, 5.41) is 5.80. The van der Waals surface area contributed by atoms with Gasteiger partial charge in [-0.05, 0) is 31.0 Å². The van der Waals surface area contributed by atoms with Crippen molar-refractivity contribution in [3.63, 3.8) is 0 Å². The molecule has 23 heavy (non-hydrogen) atoms. The fourth-order valence-electron chi connectivity index (χ4n) is 2.91. The number of quaternary nitrogens is 1. The SMILES string of the molecule is O=C(NC1CC1)c1ccc2c(c1)NC(=O)C([NH+]1CCOCC1)S2. The van der Waals surface area contributed by atoms with Crippen molar-refractivity contribution >= 4 is 29.3 Å².